The Kier molecular flexibility index (Phi) is 4.26. The van der Waals surface area contributed by atoms with Gasteiger partial charge in [0.05, 0.1) is 23.8 Å². The van der Waals surface area contributed by atoms with Gasteiger partial charge in [0.15, 0.2) is 0 Å². The molecule has 1 heterocycles. The first kappa shape index (κ1) is 16.7. The van der Waals surface area contributed by atoms with Crippen LogP contribution in [0.2, 0.25) is 0 Å². The summed E-state index contributed by atoms with van der Waals surface area (Å²) in [5.41, 5.74) is -1.88. The highest BCUT2D eigenvalue weighted by molar-refractivity contribution is 5.86. The first-order chi connectivity index (χ1) is 11.9. The molecule has 0 fully saturated rings. The second-order valence-electron chi connectivity index (χ2n) is 5.06. The van der Waals surface area contributed by atoms with Gasteiger partial charge in [0.25, 0.3) is 5.56 Å². The third-order valence-corrected chi connectivity index (χ3v) is 3.53. The van der Waals surface area contributed by atoms with E-state index in [4.69, 9.17) is 4.74 Å². The third-order valence-electron chi connectivity index (χ3n) is 3.53. The van der Waals surface area contributed by atoms with Crippen LogP contribution in [0.25, 0.3) is 22.3 Å². The largest absolute Gasteiger partial charge is 0.480 e. The summed E-state index contributed by atoms with van der Waals surface area (Å²) < 4.78 is 59.9. The molecule has 0 saturated heterocycles. The van der Waals surface area contributed by atoms with Gasteiger partial charge in [0.2, 0.25) is 5.88 Å². The molecule has 0 saturated carbocycles. The number of rotatable bonds is 3. The molecule has 0 aliphatic rings. The minimum Gasteiger partial charge on any atom is -0.480 e. The van der Waals surface area contributed by atoms with Crippen molar-refractivity contribution in [3.8, 4) is 28.1 Å². The number of nitrogens with one attached hydrogen (secondary N) is 1. The summed E-state index contributed by atoms with van der Waals surface area (Å²) in [6.45, 7) is 0. The van der Waals surface area contributed by atoms with Crippen molar-refractivity contribution in [2.45, 2.75) is 0 Å². The molecule has 0 atom stereocenters. The lowest BCUT2D eigenvalue weighted by Crippen LogP contribution is -2.15. The number of hydrogen-bond acceptors (Lipinski definition) is 3. The molecule has 128 valence electrons. The van der Waals surface area contributed by atoms with Crippen LogP contribution in [0, 0.1) is 23.3 Å². The van der Waals surface area contributed by atoms with Crippen molar-refractivity contribution < 1.29 is 22.3 Å². The average molecular weight is 350 g/mol. The fourth-order valence-electron chi connectivity index (χ4n) is 2.49. The molecule has 0 amide bonds. The van der Waals surface area contributed by atoms with Crippen LogP contribution in [0.5, 0.6) is 5.88 Å². The standard InChI is InChI=1S/C17H10F4N2O2/c1-25-17-13(8-2-4-9(18)5-3-8)15(16(24)22-23-17)14-11(20)6-10(19)7-12(14)21/h2-7H,1H3,(H,22,24). The second-order valence-corrected chi connectivity index (χ2v) is 5.06. The van der Waals surface area contributed by atoms with Crippen LogP contribution in [-0.4, -0.2) is 17.3 Å². The highest BCUT2D eigenvalue weighted by atomic mass is 19.1. The number of aromatic nitrogens is 2. The van der Waals surface area contributed by atoms with Gasteiger partial charge in [-0.2, -0.15) is 0 Å². The van der Waals surface area contributed by atoms with Crippen LogP contribution >= 0.6 is 0 Å². The smallest absolute Gasteiger partial charge is 0.273 e. The Morgan fingerprint density at radius 1 is 0.880 bits per heavy atom. The Labute approximate surface area is 138 Å². The molecule has 4 nitrogen and oxygen atoms in total. The molecule has 0 unspecified atom stereocenters. The number of methoxy groups -OCH3 is 1. The molecule has 0 aliphatic heterocycles. The van der Waals surface area contributed by atoms with Gasteiger partial charge in [-0.05, 0) is 17.7 Å². The Morgan fingerprint density at radius 2 is 1.48 bits per heavy atom. The van der Waals surface area contributed by atoms with Crippen molar-refractivity contribution in [1.29, 1.82) is 0 Å². The zero-order valence-corrected chi connectivity index (χ0v) is 12.7. The Morgan fingerprint density at radius 3 is 2.04 bits per heavy atom. The molecule has 25 heavy (non-hydrogen) atoms. The summed E-state index contributed by atoms with van der Waals surface area (Å²) >= 11 is 0. The van der Waals surface area contributed by atoms with Gasteiger partial charge < -0.3 is 4.74 Å². The van der Waals surface area contributed by atoms with Crippen molar-refractivity contribution in [1.82, 2.24) is 10.2 Å². The quantitative estimate of drug-likeness (QED) is 0.734. The number of halogens is 4. The van der Waals surface area contributed by atoms with Crippen LogP contribution in [0.15, 0.2) is 41.2 Å². The topological polar surface area (TPSA) is 55.0 Å². The van der Waals surface area contributed by atoms with E-state index in [1.165, 1.54) is 19.2 Å². The van der Waals surface area contributed by atoms with Gasteiger partial charge in [-0.15, -0.1) is 5.10 Å². The highest BCUT2D eigenvalue weighted by Crippen LogP contribution is 2.37. The third kappa shape index (κ3) is 2.98. The lowest BCUT2D eigenvalue weighted by atomic mass is 9.96. The van der Waals surface area contributed by atoms with E-state index in [-0.39, 0.29) is 17.0 Å². The Bertz CT molecular complexity index is 978. The normalized spacial score (nSPS) is 10.8. The number of benzene rings is 2. The zero-order valence-electron chi connectivity index (χ0n) is 12.7. The van der Waals surface area contributed by atoms with Crippen molar-refractivity contribution in [2.24, 2.45) is 0 Å². The SMILES string of the molecule is COc1n[nH]c(=O)c(-c2c(F)cc(F)cc2F)c1-c1ccc(F)cc1. The Hall–Kier alpha value is -3.16. The van der Waals surface area contributed by atoms with Crippen LogP contribution in [0.3, 0.4) is 0 Å². The maximum Gasteiger partial charge on any atom is 0.273 e. The van der Waals surface area contributed by atoms with E-state index >= 15 is 0 Å². The molecular formula is C17H10F4N2O2. The number of hydrogen-bond donors (Lipinski definition) is 1. The van der Waals surface area contributed by atoms with Crippen molar-refractivity contribution in [2.75, 3.05) is 7.11 Å². The lowest BCUT2D eigenvalue weighted by Gasteiger charge is -2.13. The molecule has 0 spiro atoms. The highest BCUT2D eigenvalue weighted by Gasteiger charge is 2.24. The van der Waals surface area contributed by atoms with Crippen LogP contribution in [0.4, 0.5) is 17.6 Å². The molecule has 0 bridgehead atoms. The van der Waals surface area contributed by atoms with E-state index in [1.54, 1.807) is 0 Å². The van der Waals surface area contributed by atoms with Gasteiger partial charge in [-0.1, -0.05) is 12.1 Å². The summed E-state index contributed by atoms with van der Waals surface area (Å²) in [6, 6.07) is 5.74. The number of H-pyrrole nitrogens is 1. The summed E-state index contributed by atoms with van der Waals surface area (Å²) in [5, 5.41) is 5.76. The van der Waals surface area contributed by atoms with Crippen molar-refractivity contribution in [3.05, 3.63) is 70.0 Å². The summed E-state index contributed by atoms with van der Waals surface area (Å²) in [5.74, 6) is -4.33. The van der Waals surface area contributed by atoms with Crippen molar-refractivity contribution in [3.63, 3.8) is 0 Å². The van der Waals surface area contributed by atoms with E-state index < -0.39 is 40.0 Å². The summed E-state index contributed by atoms with van der Waals surface area (Å²) in [4.78, 5) is 12.3. The average Bonchev–Trinajstić information content (AvgIpc) is 2.56. The second kappa shape index (κ2) is 6.39. The molecule has 0 aliphatic carbocycles. The maximum atomic E-state index is 14.2. The van der Waals surface area contributed by atoms with Crippen molar-refractivity contribution >= 4 is 0 Å². The molecule has 3 aromatic rings. The van der Waals surface area contributed by atoms with Gasteiger partial charge in [-0.3, -0.25) is 4.79 Å². The van der Waals surface area contributed by atoms with Crippen LogP contribution < -0.4 is 10.3 Å². The van der Waals surface area contributed by atoms with Gasteiger partial charge >= 0.3 is 0 Å². The predicted molar refractivity (Wildman–Crippen MR) is 82.1 cm³/mol. The predicted octanol–water partition coefficient (Wildman–Crippen LogP) is 3.67. The first-order valence-corrected chi connectivity index (χ1v) is 7.00. The van der Waals surface area contributed by atoms with Crippen LogP contribution in [0.1, 0.15) is 0 Å². The molecule has 8 heteroatoms. The van der Waals surface area contributed by atoms with E-state index in [0.717, 1.165) is 12.1 Å². The van der Waals surface area contributed by atoms with E-state index in [0.29, 0.717) is 12.1 Å². The van der Waals surface area contributed by atoms with Gasteiger partial charge in [0.1, 0.15) is 23.3 Å². The van der Waals surface area contributed by atoms with E-state index in [9.17, 15) is 22.4 Å². The fourth-order valence-corrected chi connectivity index (χ4v) is 2.49. The van der Waals surface area contributed by atoms with Gasteiger partial charge in [0, 0.05) is 12.1 Å². The monoisotopic (exact) mass is 350 g/mol. The van der Waals surface area contributed by atoms with E-state index in [2.05, 4.69) is 10.2 Å². The minimum absolute atomic E-state index is 0.0457. The van der Waals surface area contributed by atoms with E-state index in [1.807, 2.05) is 0 Å². The minimum atomic E-state index is -1.26. The number of aromatic amines is 1. The zero-order chi connectivity index (χ0) is 18.1. The maximum absolute atomic E-state index is 14.2. The Balaban J connectivity index is 2.42. The fraction of sp³-hybridized carbons (Fsp3) is 0.0588. The molecule has 2 aromatic carbocycles. The number of ether oxygens (including phenoxy) is 1. The molecule has 0 radical (unpaired) electrons. The molecule has 3 rings (SSSR count). The molecule has 1 aromatic heterocycles. The first-order valence-electron chi connectivity index (χ1n) is 7.00. The lowest BCUT2D eigenvalue weighted by molar-refractivity contribution is 0.393. The van der Waals surface area contributed by atoms with Crippen LogP contribution in [-0.2, 0) is 0 Å². The molecular weight excluding hydrogens is 340 g/mol. The summed E-state index contributed by atoms with van der Waals surface area (Å²) in [7, 11) is 1.24. The summed E-state index contributed by atoms with van der Waals surface area (Å²) in [6.07, 6.45) is 0. The van der Waals surface area contributed by atoms with Gasteiger partial charge in [-0.25, -0.2) is 22.7 Å². The number of nitrogens with zero attached hydrogens (tertiary/aromatic N) is 1. The molecule has 1 N–H and O–H groups in total.